The van der Waals surface area contributed by atoms with Gasteiger partial charge in [0.15, 0.2) is 11.6 Å². The summed E-state index contributed by atoms with van der Waals surface area (Å²) in [6.07, 6.45) is 5.11. The quantitative estimate of drug-likeness (QED) is 0.146. The van der Waals surface area contributed by atoms with Crippen LogP contribution in [0.15, 0.2) is 279 Å². The maximum atomic E-state index is 4.67. The zero-order chi connectivity index (χ0) is 73.0. The van der Waals surface area contributed by atoms with E-state index in [2.05, 4.69) is 419 Å². The molecule has 528 valence electrons. The molecule has 12 heteroatoms. The molecule has 5 aliphatic heterocycles. The third kappa shape index (κ3) is 13.6. The van der Waals surface area contributed by atoms with Crippen LogP contribution in [-0.4, -0.2) is 60.9 Å². The second-order valence-electron chi connectivity index (χ2n) is 28.2. The molecule has 0 spiro atoms. The summed E-state index contributed by atoms with van der Waals surface area (Å²) in [6.45, 7) is 30.9. The number of rotatable bonds is 8. The zero-order valence-electron chi connectivity index (χ0n) is 63.4. The van der Waals surface area contributed by atoms with Gasteiger partial charge in [0.25, 0.3) is 0 Å². The molecule has 0 fully saturated rings. The summed E-state index contributed by atoms with van der Waals surface area (Å²) in [6, 6.07) is 94.7. The minimum Gasteiger partial charge on any atom is -0.353 e. The second kappa shape index (κ2) is 30.6. The van der Waals surface area contributed by atoms with Gasteiger partial charge in [-0.3, -0.25) is 0 Å². The van der Waals surface area contributed by atoms with E-state index >= 15 is 0 Å². The molecule has 0 saturated carbocycles. The summed E-state index contributed by atoms with van der Waals surface area (Å²) in [7, 11) is 4.31. The van der Waals surface area contributed by atoms with Crippen molar-refractivity contribution >= 4 is 96.9 Å². The monoisotopic (exact) mass is 1370 g/mol. The van der Waals surface area contributed by atoms with Crippen LogP contribution in [0.3, 0.4) is 0 Å². The maximum absolute atomic E-state index is 4.67. The van der Waals surface area contributed by atoms with Gasteiger partial charge in [0.2, 0.25) is 0 Å². The topological polar surface area (TPSA) is 58.2 Å². The van der Waals surface area contributed by atoms with Gasteiger partial charge in [0.05, 0.1) is 45.5 Å². The van der Waals surface area contributed by atoms with Crippen LogP contribution in [0, 0.1) is 48.5 Å². The number of hydrogen-bond acceptors (Lipinski definition) is 12. The number of anilines is 17. The molecule has 10 aromatic carbocycles. The number of benzene rings is 10. The minimum atomic E-state index is 0.170. The Kier molecular flexibility index (Phi) is 20.9. The molecule has 2 aromatic heterocycles. The molecule has 0 bridgehead atoms. The first-order valence-corrected chi connectivity index (χ1v) is 36.7. The van der Waals surface area contributed by atoms with Crippen LogP contribution in [0.1, 0.15) is 87.4 Å². The van der Waals surface area contributed by atoms with Gasteiger partial charge in [-0.2, -0.15) is 0 Å². The van der Waals surface area contributed by atoms with Crippen LogP contribution in [-0.2, 0) is 0 Å². The van der Waals surface area contributed by atoms with Gasteiger partial charge in [-0.1, -0.05) is 152 Å². The van der Waals surface area contributed by atoms with Crippen LogP contribution in [0.4, 0.5) is 96.9 Å². The average Bonchev–Trinajstić information content (AvgIpc) is 1.61. The molecule has 0 amide bonds. The Morgan fingerprint density at radius 2 is 0.529 bits per heavy atom. The van der Waals surface area contributed by atoms with Crippen LogP contribution in [0.5, 0.6) is 0 Å². The number of aryl methyl sites for hydroxylation is 7. The lowest BCUT2D eigenvalue weighted by atomic mass is 10.1. The second-order valence-corrected chi connectivity index (χ2v) is 28.2. The first-order chi connectivity index (χ1) is 50.3. The van der Waals surface area contributed by atoms with Crippen molar-refractivity contribution in [1.82, 2.24) is 9.97 Å². The van der Waals surface area contributed by atoms with Crippen LogP contribution in [0.25, 0.3) is 0 Å². The fourth-order valence-corrected chi connectivity index (χ4v) is 15.9. The highest BCUT2D eigenvalue weighted by Gasteiger charge is 2.40. The van der Waals surface area contributed by atoms with E-state index < -0.39 is 0 Å². The summed E-state index contributed by atoms with van der Waals surface area (Å²) in [5.41, 5.74) is 27.9. The van der Waals surface area contributed by atoms with Gasteiger partial charge in [-0.25, -0.2) is 9.97 Å². The zero-order valence-corrected chi connectivity index (χ0v) is 63.4. The van der Waals surface area contributed by atoms with Gasteiger partial charge >= 0.3 is 0 Å². The third-order valence-corrected chi connectivity index (χ3v) is 21.1. The highest BCUT2D eigenvalue weighted by Crippen LogP contribution is 2.51. The maximum Gasteiger partial charge on any atom is 0.158 e. The molecule has 104 heavy (non-hydrogen) atoms. The van der Waals surface area contributed by atoms with E-state index in [1.54, 1.807) is 0 Å². The van der Waals surface area contributed by atoms with Crippen molar-refractivity contribution in [3.05, 3.63) is 318 Å². The van der Waals surface area contributed by atoms with Crippen LogP contribution >= 0.6 is 0 Å². The summed E-state index contributed by atoms with van der Waals surface area (Å²) in [5, 5.41) is 0. The molecule has 12 nitrogen and oxygen atoms in total. The molecule has 0 radical (unpaired) electrons. The average molecular weight is 1370 g/mol. The molecule has 12 aromatic rings. The minimum absolute atomic E-state index is 0.170. The molecule has 5 atom stereocenters. The van der Waals surface area contributed by atoms with Crippen LogP contribution < -0.4 is 49.0 Å². The molecular formula is C92H100N12. The Morgan fingerprint density at radius 1 is 0.250 bits per heavy atom. The number of aromatic nitrogens is 2. The molecule has 7 heterocycles. The largest absolute Gasteiger partial charge is 0.353 e. The normalized spacial score (nSPS) is 17.2. The van der Waals surface area contributed by atoms with E-state index in [4.69, 9.17) is 0 Å². The summed E-state index contributed by atoms with van der Waals surface area (Å²) in [5.74, 6) is 2.07. The Bertz CT molecular complexity index is 4830. The number of hydrogen-bond donors (Lipinski definition) is 0. The van der Waals surface area contributed by atoms with E-state index in [0.29, 0.717) is 18.4 Å². The third-order valence-electron chi connectivity index (χ3n) is 21.1. The SMILES string of the molecule is Cc1cc(C)cc(N2c3ccccc3N(c3ccccc3C)[C@@H]2C)c1.Cc1ccccc1N1c2ccccc2N(C)[C@H]1C.Cc1ccccc1N1c2ccccc2N(C)[C@H]1C.Cc1ccccc1N1c2ncccc2N(C(C)C)[C@H]1C.Cc1ccccc1N1c2ncccc2N(c2ccccc2)[C@H]1C. The number of para-hydroxylation sites is 12. The van der Waals surface area contributed by atoms with Crippen LogP contribution in [0.2, 0.25) is 0 Å². The lowest BCUT2D eigenvalue weighted by Crippen LogP contribution is -2.42. The molecule has 0 unspecified atom stereocenters. The molecule has 0 N–H and O–H groups in total. The van der Waals surface area contributed by atoms with E-state index in [1.807, 2.05) is 30.6 Å². The summed E-state index contributed by atoms with van der Waals surface area (Å²) < 4.78 is 0. The van der Waals surface area contributed by atoms with Crippen molar-refractivity contribution in [1.29, 1.82) is 0 Å². The first-order valence-electron chi connectivity index (χ1n) is 36.7. The standard InChI is InChI=1S/C23H24N2.C20H19N3.C17H21N3.2C16H18N2/c1-16-13-17(2)15-20(14-16)24-19(4)25(21-10-6-5-9-18(21)3)23-12-8-7-11-22(23)24;1-15-9-6-7-12-18(15)23-16(2)22(17-10-4-3-5-11-17)19-13-8-14-21-20(19)23;1-12(2)19-14(4)20(15-9-6-5-8-13(15)3)17-16(19)10-7-11-18-17;2*1-12-8-4-5-9-14(12)18-13(2)17(3)15-10-6-7-11-16(15)18/h5-15,19H,1-4H3;3-14,16H,1-2H3;5-12,14H,1-4H3;2*4-11,13H,1-3H3/t19-;16-;14-;2*13-/m11111/s1. The molecule has 0 saturated heterocycles. The molecule has 0 aliphatic carbocycles. The van der Waals surface area contributed by atoms with Gasteiger partial charge < -0.3 is 49.0 Å². The van der Waals surface area contributed by atoms with Gasteiger partial charge in [0.1, 0.15) is 30.8 Å². The Balaban J connectivity index is 0.000000116. The lowest BCUT2D eigenvalue weighted by Gasteiger charge is -2.33. The molecule has 17 rings (SSSR count). The van der Waals surface area contributed by atoms with E-state index in [1.165, 1.54) is 119 Å². The van der Waals surface area contributed by atoms with Gasteiger partial charge in [-0.15, -0.1) is 0 Å². The molecule has 5 aliphatic rings. The Morgan fingerprint density at radius 3 is 0.923 bits per heavy atom. The van der Waals surface area contributed by atoms with Crippen molar-refractivity contribution in [2.24, 2.45) is 0 Å². The Hall–Kier alpha value is -11.5. The van der Waals surface area contributed by atoms with Gasteiger partial charge in [-0.05, 0) is 251 Å². The van der Waals surface area contributed by atoms with Crippen molar-refractivity contribution in [2.45, 2.75) is 134 Å². The van der Waals surface area contributed by atoms with Crippen molar-refractivity contribution in [3.63, 3.8) is 0 Å². The first kappa shape index (κ1) is 70.9. The van der Waals surface area contributed by atoms with E-state index in [0.717, 1.165) is 17.3 Å². The molecular weight excluding hydrogens is 1270 g/mol. The van der Waals surface area contributed by atoms with E-state index in [9.17, 15) is 0 Å². The fraction of sp³-hybridized carbons (Fsp3) is 0.239. The van der Waals surface area contributed by atoms with Crippen molar-refractivity contribution < 1.29 is 0 Å². The highest BCUT2D eigenvalue weighted by atomic mass is 15.5. The smallest absolute Gasteiger partial charge is 0.158 e. The van der Waals surface area contributed by atoms with Gasteiger partial charge in [0, 0.05) is 72.3 Å². The lowest BCUT2D eigenvalue weighted by molar-refractivity contribution is 0.606. The van der Waals surface area contributed by atoms with E-state index in [-0.39, 0.29) is 18.5 Å². The fourth-order valence-electron chi connectivity index (χ4n) is 15.9. The predicted molar refractivity (Wildman–Crippen MR) is 443 cm³/mol. The number of nitrogens with zero attached hydrogens (tertiary/aromatic N) is 12. The number of fused-ring (bicyclic) bond motifs is 5. The summed E-state index contributed by atoms with van der Waals surface area (Å²) in [4.78, 5) is 33.1. The van der Waals surface area contributed by atoms with Crippen molar-refractivity contribution in [3.8, 4) is 0 Å². The number of pyridine rings is 2. The van der Waals surface area contributed by atoms with Crippen molar-refractivity contribution in [2.75, 3.05) is 63.1 Å². The predicted octanol–water partition coefficient (Wildman–Crippen LogP) is 23.2. The summed E-state index contributed by atoms with van der Waals surface area (Å²) >= 11 is 0. The Labute approximate surface area is 618 Å². The highest BCUT2D eigenvalue weighted by molar-refractivity contribution is 5.91.